The number of ketones is 2. The fourth-order valence-corrected chi connectivity index (χ4v) is 5.66. The van der Waals surface area contributed by atoms with Gasteiger partial charge in [0.1, 0.15) is 6.04 Å². The van der Waals surface area contributed by atoms with Gasteiger partial charge in [0, 0.05) is 12.8 Å². The highest BCUT2D eigenvalue weighted by atomic mass is 31.1. The molecule has 0 fully saturated rings. The zero-order valence-corrected chi connectivity index (χ0v) is 27.4. The SMILES string of the molecule is CCCCCC/C=C\CCCCCCCC(=O)C(N)C(O)(C(=O)CCCCCCC/C=C\CCCCCC)[P+](=O)[O-]. The lowest BCUT2D eigenvalue weighted by atomic mass is 9.95. The van der Waals surface area contributed by atoms with Crippen molar-refractivity contribution in [1.29, 1.82) is 0 Å². The minimum atomic E-state index is -3.59. The third-order valence-electron chi connectivity index (χ3n) is 7.82. The van der Waals surface area contributed by atoms with Gasteiger partial charge in [-0.05, 0) is 64.2 Å². The van der Waals surface area contributed by atoms with E-state index in [0.717, 1.165) is 77.0 Å². The van der Waals surface area contributed by atoms with E-state index >= 15 is 0 Å². The molecule has 3 N–H and O–H groups in total. The highest BCUT2D eigenvalue weighted by molar-refractivity contribution is 7.39. The Bertz CT molecular complexity index is 739. The third-order valence-corrected chi connectivity index (χ3v) is 8.90. The lowest BCUT2D eigenvalue weighted by molar-refractivity contribution is -0.183. The Hall–Kier alpha value is -1.20. The lowest BCUT2D eigenvalue weighted by Gasteiger charge is -2.23. The molecule has 6 nitrogen and oxygen atoms in total. The Morgan fingerprint density at radius 3 is 1.39 bits per heavy atom. The molecule has 0 bridgehead atoms. The molecule has 3 atom stereocenters. The van der Waals surface area contributed by atoms with Crippen LogP contribution in [0.4, 0.5) is 0 Å². The van der Waals surface area contributed by atoms with Crippen LogP contribution in [0.25, 0.3) is 0 Å². The number of allylic oxidation sites excluding steroid dienone is 4. The van der Waals surface area contributed by atoms with Gasteiger partial charge in [0.15, 0.2) is 5.78 Å². The van der Waals surface area contributed by atoms with E-state index in [-0.39, 0.29) is 12.8 Å². The number of aliphatic hydroxyl groups is 1. The Balaban J connectivity index is 4.11. The summed E-state index contributed by atoms with van der Waals surface area (Å²) in [7, 11) is -3.59. The molecule has 238 valence electrons. The minimum Gasteiger partial charge on any atom is -0.593 e. The molecule has 0 aliphatic heterocycles. The topological polar surface area (TPSA) is 121 Å². The maximum atomic E-state index is 12.7. The Morgan fingerprint density at radius 1 is 0.659 bits per heavy atom. The predicted molar refractivity (Wildman–Crippen MR) is 171 cm³/mol. The first-order chi connectivity index (χ1) is 19.8. The van der Waals surface area contributed by atoms with Gasteiger partial charge in [0.2, 0.25) is 5.78 Å². The van der Waals surface area contributed by atoms with Crippen LogP contribution < -0.4 is 10.6 Å². The number of Topliss-reactive ketones (excluding diaryl/α,β-unsaturated/α-hetero) is 2. The first kappa shape index (κ1) is 39.8. The van der Waals surface area contributed by atoms with Gasteiger partial charge in [-0.3, -0.25) is 9.59 Å². The molecule has 0 amide bonds. The summed E-state index contributed by atoms with van der Waals surface area (Å²) in [6, 6.07) is -1.73. The molecular formula is C34H62NO5P. The predicted octanol–water partition coefficient (Wildman–Crippen LogP) is 8.76. The summed E-state index contributed by atoms with van der Waals surface area (Å²) in [5, 5.41) is 7.88. The molecule has 0 aromatic rings. The largest absolute Gasteiger partial charge is 0.593 e. The zero-order chi connectivity index (χ0) is 30.6. The van der Waals surface area contributed by atoms with E-state index in [1.54, 1.807) is 0 Å². The van der Waals surface area contributed by atoms with E-state index in [2.05, 4.69) is 38.2 Å². The monoisotopic (exact) mass is 595 g/mol. The molecular weight excluding hydrogens is 533 g/mol. The van der Waals surface area contributed by atoms with Crippen LogP contribution in [0.5, 0.6) is 0 Å². The number of hydrogen-bond donors (Lipinski definition) is 2. The van der Waals surface area contributed by atoms with E-state index < -0.39 is 31.0 Å². The Labute approximate surface area is 252 Å². The fourth-order valence-electron chi connectivity index (χ4n) is 4.97. The van der Waals surface area contributed by atoms with Crippen LogP contribution in [0, 0.1) is 0 Å². The number of unbranched alkanes of at least 4 members (excludes halogenated alkanes) is 18. The van der Waals surface area contributed by atoms with Crippen molar-refractivity contribution in [2.45, 2.75) is 179 Å². The molecule has 0 heterocycles. The quantitative estimate of drug-likeness (QED) is 0.0486. The van der Waals surface area contributed by atoms with Gasteiger partial charge in [-0.15, -0.1) is 0 Å². The van der Waals surface area contributed by atoms with Gasteiger partial charge in [-0.2, -0.15) is 0 Å². The van der Waals surface area contributed by atoms with Crippen molar-refractivity contribution in [2.24, 2.45) is 5.73 Å². The molecule has 0 spiro atoms. The van der Waals surface area contributed by atoms with E-state index in [1.165, 1.54) is 51.4 Å². The zero-order valence-electron chi connectivity index (χ0n) is 26.5. The van der Waals surface area contributed by atoms with Crippen molar-refractivity contribution in [3.8, 4) is 0 Å². The number of carbonyl (C=O) groups is 2. The minimum absolute atomic E-state index is 0.0742. The van der Waals surface area contributed by atoms with Crippen LogP contribution in [-0.2, 0) is 14.2 Å². The van der Waals surface area contributed by atoms with Crippen LogP contribution in [0.1, 0.15) is 168 Å². The molecule has 0 saturated carbocycles. The molecule has 7 heteroatoms. The van der Waals surface area contributed by atoms with Crippen LogP contribution in [-0.4, -0.2) is 28.1 Å². The highest BCUT2D eigenvalue weighted by Gasteiger charge is 2.56. The van der Waals surface area contributed by atoms with Gasteiger partial charge in [-0.25, -0.2) is 0 Å². The van der Waals surface area contributed by atoms with Crippen molar-refractivity contribution in [3.63, 3.8) is 0 Å². The van der Waals surface area contributed by atoms with Crippen molar-refractivity contribution >= 4 is 19.6 Å². The van der Waals surface area contributed by atoms with Crippen molar-refractivity contribution in [1.82, 2.24) is 0 Å². The summed E-state index contributed by atoms with van der Waals surface area (Å²) < 4.78 is 11.9. The van der Waals surface area contributed by atoms with Crippen LogP contribution >= 0.6 is 8.03 Å². The molecule has 0 rings (SSSR count). The normalized spacial score (nSPS) is 14.5. The average molecular weight is 596 g/mol. The summed E-state index contributed by atoms with van der Waals surface area (Å²) in [4.78, 5) is 37.1. The molecule has 41 heavy (non-hydrogen) atoms. The van der Waals surface area contributed by atoms with E-state index in [4.69, 9.17) is 5.73 Å². The van der Waals surface area contributed by atoms with Gasteiger partial charge in [0.25, 0.3) is 0 Å². The molecule has 3 unspecified atom stereocenters. The molecule has 0 radical (unpaired) electrons. The maximum Gasteiger partial charge on any atom is 0.355 e. The maximum absolute atomic E-state index is 12.7. The van der Waals surface area contributed by atoms with Crippen LogP contribution in [0.3, 0.4) is 0 Å². The second-order valence-corrected chi connectivity index (χ2v) is 12.8. The second kappa shape index (κ2) is 27.6. The van der Waals surface area contributed by atoms with Crippen molar-refractivity contribution in [3.05, 3.63) is 24.3 Å². The molecule has 0 saturated heterocycles. The number of hydrogen-bond acceptors (Lipinski definition) is 6. The van der Waals surface area contributed by atoms with Gasteiger partial charge >= 0.3 is 13.4 Å². The van der Waals surface area contributed by atoms with Crippen molar-refractivity contribution in [2.75, 3.05) is 0 Å². The Kier molecular flexibility index (Phi) is 26.8. The first-order valence-electron chi connectivity index (χ1n) is 16.8. The average Bonchev–Trinajstić information content (AvgIpc) is 2.96. The van der Waals surface area contributed by atoms with Crippen LogP contribution in [0.2, 0.25) is 0 Å². The Morgan fingerprint density at radius 2 is 1.00 bits per heavy atom. The summed E-state index contributed by atoms with van der Waals surface area (Å²) in [6.45, 7) is 4.43. The van der Waals surface area contributed by atoms with E-state index in [1.807, 2.05) is 0 Å². The highest BCUT2D eigenvalue weighted by Crippen LogP contribution is 2.35. The molecule has 0 aliphatic carbocycles. The smallest absolute Gasteiger partial charge is 0.355 e. The number of nitrogens with two attached hydrogens (primary N) is 1. The summed E-state index contributed by atoms with van der Waals surface area (Å²) in [6.07, 6.45) is 32.6. The van der Waals surface area contributed by atoms with Crippen LogP contribution in [0.15, 0.2) is 24.3 Å². The lowest BCUT2D eigenvalue weighted by Crippen LogP contribution is -2.56. The first-order valence-corrected chi connectivity index (χ1v) is 18.0. The number of carbonyl (C=O) groups excluding carboxylic acids is 2. The standard InChI is InChI=1S/C34H62NO5P/c1-3-5-7-9-11-13-15-17-19-21-23-25-27-29-31(36)33(35)34(38,41(39)40)32(37)30-28-26-24-22-20-18-16-14-12-10-8-6-4-2/h13-16,33,38H,3-12,17-30,35H2,1-2H3/b15-13-,16-14-. The summed E-state index contributed by atoms with van der Waals surface area (Å²) in [5.74, 6) is -1.43. The van der Waals surface area contributed by atoms with Gasteiger partial charge in [-0.1, -0.05) is 120 Å². The van der Waals surface area contributed by atoms with E-state index in [9.17, 15) is 24.2 Å². The molecule has 0 aromatic heterocycles. The second-order valence-electron chi connectivity index (χ2n) is 11.6. The summed E-state index contributed by atoms with van der Waals surface area (Å²) in [5.41, 5.74) is 5.87. The molecule has 0 aliphatic rings. The van der Waals surface area contributed by atoms with Crippen molar-refractivity contribution < 1.29 is 24.2 Å². The fraction of sp³-hybridized carbons (Fsp3) is 0.824. The van der Waals surface area contributed by atoms with E-state index in [0.29, 0.717) is 12.8 Å². The van der Waals surface area contributed by atoms with Gasteiger partial charge < -0.3 is 15.7 Å². The van der Waals surface area contributed by atoms with Gasteiger partial charge in [0.05, 0.1) is 0 Å². The molecule has 0 aromatic carbocycles. The third kappa shape index (κ3) is 20.4. The number of rotatable bonds is 30. The summed E-state index contributed by atoms with van der Waals surface area (Å²) >= 11 is 0.